The first kappa shape index (κ1) is 16.0. The van der Waals surface area contributed by atoms with Crippen molar-refractivity contribution in [2.24, 2.45) is 5.10 Å². The summed E-state index contributed by atoms with van der Waals surface area (Å²) in [7, 11) is 0. The minimum atomic E-state index is 0.904. The maximum absolute atomic E-state index is 4.63. The second kappa shape index (κ2) is 7.57. The van der Waals surface area contributed by atoms with Gasteiger partial charge in [-0.05, 0) is 36.4 Å². The maximum atomic E-state index is 4.63. The number of nitrogens with zero attached hydrogens (tertiary/aromatic N) is 1. The molecule has 0 radical (unpaired) electrons. The molecular formula is C19H14Br2N2. The van der Waals surface area contributed by atoms with E-state index in [0.29, 0.717) is 0 Å². The third-order valence-electron chi connectivity index (χ3n) is 3.31. The van der Waals surface area contributed by atoms with Crippen molar-refractivity contribution in [1.29, 1.82) is 0 Å². The van der Waals surface area contributed by atoms with Crippen LogP contribution in [0.15, 0.2) is 92.9 Å². The van der Waals surface area contributed by atoms with Crippen LogP contribution in [0.2, 0.25) is 0 Å². The van der Waals surface area contributed by atoms with Gasteiger partial charge in [0.05, 0.1) is 11.4 Å². The van der Waals surface area contributed by atoms with E-state index in [-0.39, 0.29) is 0 Å². The zero-order valence-corrected chi connectivity index (χ0v) is 15.4. The summed E-state index contributed by atoms with van der Waals surface area (Å²) in [6.07, 6.45) is 0. The number of hydrogen-bond acceptors (Lipinski definition) is 2. The van der Waals surface area contributed by atoms with Crippen molar-refractivity contribution in [3.8, 4) is 0 Å². The summed E-state index contributed by atoms with van der Waals surface area (Å²) >= 11 is 6.91. The standard InChI is InChI=1S/C19H14Br2N2/c20-16-8-6-15(7-9-16)19(14-4-2-1-3-5-14)23-22-18-12-10-17(21)11-13-18/h1-13,22H. The van der Waals surface area contributed by atoms with E-state index in [0.717, 1.165) is 31.5 Å². The Hall–Kier alpha value is -1.91. The zero-order valence-electron chi connectivity index (χ0n) is 12.2. The van der Waals surface area contributed by atoms with Gasteiger partial charge >= 0.3 is 0 Å². The Kier molecular flexibility index (Phi) is 5.26. The van der Waals surface area contributed by atoms with E-state index in [1.54, 1.807) is 0 Å². The highest BCUT2D eigenvalue weighted by Crippen LogP contribution is 2.17. The number of hydrazone groups is 1. The normalized spacial score (nSPS) is 11.3. The van der Waals surface area contributed by atoms with Crippen LogP contribution in [-0.2, 0) is 0 Å². The predicted molar refractivity (Wildman–Crippen MR) is 104 cm³/mol. The van der Waals surface area contributed by atoms with Crippen LogP contribution in [0.4, 0.5) is 5.69 Å². The van der Waals surface area contributed by atoms with Crippen LogP contribution in [0.5, 0.6) is 0 Å². The Bertz CT molecular complexity index is 795. The molecule has 0 unspecified atom stereocenters. The average Bonchev–Trinajstić information content (AvgIpc) is 2.59. The van der Waals surface area contributed by atoms with Gasteiger partial charge in [-0.1, -0.05) is 74.3 Å². The SMILES string of the molecule is Brc1ccc(NN=C(c2ccccc2)c2ccc(Br)cc2)cc1. The molecule has 0 amide bonds. The highest BCUT2D eigenvalue weighted by atomic mass is 79.9. The Morgan fingerprint density at radius 3 is 1.78 bits per heavy atom. The van der Waals surface area contributed by atoms with Gasteiger partial charge in [0.1, 0.15) is 0 Å². The van der Waals surface area contributed by atoms with Gasteiger partial charge in [-0.2, -0.15) is 5.10 Å². The fraction of sp³-hybridized carbons (Fsp3) is 0. The Morgan fingerprint density at radius 2 is 1.17 bits per heavy atom. The van der Waals surface area contributed by atoms with Crippen LogP contribution in [0.3, 0.4) is 0 Å². The second-order valence-corrected chi connectivity index (χ2v) is 6.78. The molecule has 3 aromatic carbocycles. The monoisotopic (exact) mass is 428 g/mol. The predicted octanol–water partition coefficient (Wildman–Crippen LogP) is 6.08. The average molecular weight is 430 g/mol. The minimum Gasteiger partial charge on any atom is -0.278 e. The van der Waals surface area contributed by atoms with Gasteiger partial charge < -0.3 is 0 Å². The summed E-state index contributed by atoms with van der Waals surface area (Å²) in [5.41, 5.74) is 7.11. The molecule has 0 atom stereocenters. The number of halogens is 2. The van der Waals surface area contributed by atoms with Crippen molar-refractivity contribution in [2.75, 3.05) is 5.43 Å². The Morgan fingerprint density at radius 1 is 0.652 bits per heavy atom. The quantitative estimate of drug-likeness (QED) is 0.394. The van der Waals surface area contributed by atoms with Crippen LogP contribution in [0, 0.1) is 0 Å². The molecule has 3 aromatic rings. The molecule has 0 aliphatic rings. The Labute approximate surface area is 152 Å². The van der Waals surface area contributed by atoms with Gasteiger partial charge in [-0.25, -0.2) is 0 Å². The summed E-state index contributed by atoms with van der Waals surface area (Å²) < 4.78 is 2.10. The first-order chi connectivity index (χ1) is 11.2. The molecule has 1 N–H and O–H groups in total. The van der Waals surface area contributed by atoms with Gasteiger partial charge in [-0.3, -0.25) is 5.43 Å². The molecular weight excluding hydrogens is 416 g/mol. The highest BCUT2D eigenvalue weighted by molar-refractivity contribution is 9.10. The molecule has 0 heterocycles. The second-order valence-electron chi connectivity index (χ2n) is 4.95. The molecule has 0 aliphatic heterocycles. The number of anilines is 1. The zero-order chi connectivity index (χ0) is 16.1. The molecule has 0 aliphatic carbocycles. The summed E-state index contributed by atoms with van der Waals surface area (Å²) in [5, 5.41) is 4.63. The number of benzene rings is 3. The van der Waals surface area contributed by atoms with Crippen molar-refractivity contribution in [3.63, 3.8) is 0 Å². The highest BCUT2D eigenvalue weighted by Gasteiger charge is 2.07. The molecule has 4 heteroatoms. The summed E-state index contributed by atoms with van der Waals surface area (Å²) in [5.74, 6) is 0. The van der Waals surface area contributed by atoms with Gasteiger partial charge in [0.25, 0.3) is 0 Å². The third-order valence-corrected chi connectivity index (χ3v) is 4.36. The number of rotatable bonds is 4. The van der Waals surface area contributed by atoms with E-state index in [4.69, 9.17) is 0 Å². The fourth-order valence-electron chi connectivity index (χ4n) is 2.14. The van der Waals surface area contributed by atoms with E-state index in [9.17, 15) is 0 Å². The van der Waals surface area contributed by atoms with Crippen LogP contribution < -0.4 is 5.43 Å². The van der Waals surface area contributed by atoms with Crippen LogP contribution >= 0.6 is 31.9 Å². The van der Waals surface area contributed by atoms with Gasteiger partial charge in [0.15, 0.2) is 0 Å². The molecule has 0 saturated carbocycles. The summed E-state index contributed by atoms with van der Waals surface area (Å²) in [4.78, 5) is 0. The molecule has 3 rings (SSSR count). The molecule has 2 nitrogen and oxygen atoms in total. The van der Waals surface area contributed by atoms with E-state index in [1.807, 2.05) is 54.6 Å². The molecule has 0 saturated heterocycles. The Balaban J connectivity index is 1.96. The summed E-state index contributed by atoms with van der Waals surface area (Å²) in [6, 6.07) is 26.2. The van der Waals surface area contributed by atoms with Gasteiger partial charge in [0.2, 0.25) is 0 Å². The lowest BCUT2D eigenvalue weighted by Crippen LogP contribution is -2.06. The van der Waals surface area contributed by atoms with Gasteiger partial charge in [-0.15, -0.1) is 0 Å². The van der Waals surface area contributed by atoms with E-state index >= 15 is 0 Å². The third kappa shape index (κ3) is 4.30. The molecule has 0 spiro atoms. The lowest BCUT2D eigenvalue weighted by molar-refractivity contribution is 1.32. The van der Waals surface area contributed by atoms with Crippen molar-refractivity contribution in [3.05, 3.63) is 98.9 Å². The van der Waals surface area contributed by atoms with Crippen LogP contribution in [0.25, 0.3) is 0 Å². The maximum Gasteiger partial charge on any atom is 0.0977 e. The van der Waals surface area contributed by atoms with Crippen LogP contribution in [0.1, 0.15) is 11.1 Å². The lowest BCUT2D eigenvalue weighted by Gasteiger charge is -2.09. The molecule has 0 aromatic heterocycles. The van der Waals surface area contributed by atoms with Crippen molar-refractivity contribution in [2.45, 2.75) is 0 Å². The lowest BCUT2D eigenvalue weighted by atomic mass is 10.0. The topological polar surface area (TPSA) is 24.4 Å². The van der Waals surface area contributed by atoms with Crippen LogP contribution in [-0.4, -0.2) is 5.71 Å². The van der Waals surface area contributed by atoms with Crippen molar-refractivity contribution < 1.29 is 0 Å². The van der Waals surface area contributed by atoms with E-state index in [2.05, 4.69) is 66.7 Å². The van der Waals surface area contributed by atoms with E-state index < -0.39 is 0 Å². The molecule has 0 fully saturated rings. The molecule has 114 valence electrons. The fourth-order valence-corrected chi connectivity index (χ4v) is 2.67. The largest absolute Gasteiger partial charge is 0.278 e. The van der Waals surface area contributed by atoms with Crippen molar-refractivity contribution >= 4 is 43.3 Å². The van der Waals surface area contributed by atoms with Gasteiger partial charge in [0, 0.05) is 20.1 Å². The van der Waals surface area contributed by atoms with Crippen molar-refractivity contribution in [1.82, 2.24) is 0 Å². The summed E-state index contributed by atoms with van der Waals surface area (Å²) in [6.45, 7) is 0. The number of hydrogen-bond donors (Lipinski definition) is 1. The minimum absolute atomic E-state index is 0.904. The first-order valence-electron chi connectivity index (χ1n) is 7.13. The first-order valence-corrected chi connectivity index (χ1v) is 8.71. The molecule has 0 bridgehead atoms. The number of nitrogens with one attached hydrogen (secondary N) is 1. The smallest absolute Gasteiger partial charge is 0.0977 e. The molecule has 23 heavy (non-hydrogen) atoms. The van der Waals surface area contributed by atoms with E-state index in [1.165, 1.54) is 0 Å².